The Morgan fingerprint density at radius 2 is 1.89 bits per heavy atom. The topological polar surface area (TPSA) is 68.4 Å². The van der Waals surface area contributed by atoms with E-state index in [1.165, 1.54) is 10.5 Å². The summed E-state index contributed by atoms with van der Waals surface area (Å²) in [7, 11) is 3.33. The first-order valence-electron chi connectivity index (χ1n) is 9.84. The van der Waals surface area contributed by atoms with Gasteiger partial charge < -0.3 is 14.5 Å². The fourth-order valence-corrected chi connectivity index (χ4v) is 4.54. The lowest BCUT2D eigenvalue weighted by atomic mass is 10.0. The van der Waals surface area contributed by atoms with Gasteiger partial charge in [0.25, 0.3) is 5.91 Å². The van der Waals surface area contributed by atoms with Crippen LogP contribution in [-0.4, -0.2) is 85.5 Å². The number of carbonyl (C=O) groups excluding carboxylic acids is 2. The molecule has 1 N–H and O–H groups in total. The molecule has 0 bridgehead atoms. The number of benzene rings is 1. The van der Waals surface area contributed by atoms with Crippen LogP contribution in [0.25, 0.3) is 0 Å². The van der Waals surface area contributed by atoms with Crippen molar-refractivity contribution in [3.05, 3.63) is 29.8 Å². The molecule has 4 unspecified atom stereocenters. The molecule has 1 aromatic carbocycles. The molecule has 3 heterocycles. The van der Waals surface area contributed by atoms with Gasteiger partial charge in [-0.25, -0.2) is 4.79 Å². The number of fused-ring (bicyclic) bond motifs is 3. The highest BCUT2D eigenvalue weighted by molar-refractivity contribution is 6.00. The number of ether oxygens (including phenoxy) is 1. The van der Waals surface area contributed by atoms with Crippen molar-refractivity contribution in [3.8, 4) is 0 Å². The summed E-state index contributed by atoms with van der Waals surface area (Å²) in [6.45, 7) is 6.60. The van der Waals surface area contributed by atoms with E-state index in [0.717, 1.165) is 18.8 Å². The summed E-state index contributed by atoms with van der Waals surface area (Å²) in [5, 5.41) is 3.54. The number of aryl methyl sites for hydroxylation is 1. The highest BCUT2D eigenvalue weighted by Crippen LogP contribution is 2.34. The van der Waals surface area contributed by atoms with E-state index in [2.05, 4.69) is 53.2 Å². The number of likely N-dealkylation sites (N-methyl/N-ethyl adjacent to an activating group) is 1. The van der Waals surface area contributed by atoms with Gasteiger partial charge in [-0.1, -0.05) is 24.6 Å². The summed E-state index contributed by atoms with van der Waals surface area (Å²) < 4.78 is 5.09. The van der Waals surface area contributed by atoms with Gasteiger partial charge in [0.2, 0.25) is 0 Å². The number of imide groups is 1. The number of amides is 3. The van der Waals surface area contributed by atoms with Crippen molar-refractivity contribution in [1.82, 2.24) is 20.0 Å². The molecule has 4 atom stereocenters. The lowest BCUT2D eigenvalue weighted by molar-refractivity contribution is -0.139. The van der Waals surface area contributed by atoms with Crippen molar-refractivity contribution in [2.75, 3.05) is 45.3 Å². The molecular weight excluding hydrogens is 358 g/mol. The van der Waals surface area contributed by atoms with Crippen LogP contribution in [0, 0.1) is 12.8 Å². The molecule has 152 valence electrons. The average molecular weight is 387 g/mol. The van der Waals surface area contributed by atoms with Gasteiger partial charge in [0.15, 0.2) is 0 Å². The molecular formula is C20H29N5O3. The molecule has 28 heavy (non-hydrogen) atoms. The molecule has 8 nitrogen and oxygen atoms in total. The summed E-state index contributed by atoms with van der Waals surface area (Å²) in [4.78, 5) is 33.5. The lowest BCUT2D eigenvalue weighted by Gasteiger charge is -2.46. The highest BCUT2D eigenvalue weighted by atomic mass is 16.5. The predicted octanol–water partition coefficient (Wildman–Crippen LogP) is 0.875. The first kappa shape index (κ1) is 19.2. The molecule has 3 aliphatic rings. The van der Waals surface area contributed by atoms with E-state index < -0.39 is 0 Å². The fourth-order valence-electron chi connectivity index (χ4n) is 4.54. The summed E-state index contributed by atoms with van der Waals surface area (Å²) in [5.41, 5.74) is 2.34. The summed E-state index contributed by atoms with van der Waals surface area (Å²) >= 11 is 0. The average Bonchev–Trinajstić information content (AvgIpc) is 3.06. The van der Waals surface area contributed by atoms with Crippen molar-refractivity contribution < 1.29 is 14.3 Å². The minimum Gasteiger partial charge on any atom is -0.383 e. The molecule has 0 aliphatic carbocycles. The van der Waals surface area contributed by atoms with Crippen LogP contribution < -0.4 is 10.2 Å². The maximum atomic E-state index is 13.2. The van der Waals surface area contributed by atoms with Crippen LogP contribution in [0.1, 0.15) is 12.5 Å². The Kier molecular flexibility index (Phi) is 5.03. The molecule has 0 spiro atoms. The van der Waals surface area contributed by atoms with E-state index in [4.69, 9.17) is 4.74 Å². The second-order valence-electron chi connectivity index (χ2n) is 8.10. The number of anilines is 1. The lowest BCUT2D eigenvalue weighted by Crippen LogP contribution is -2.67. The SMILES string of the molecule is COCCN1C(=O)C2C(NC3N(c4ccc(C)cc4)CC(C)CN23)N(C)C1=O. The Bertz CT molecular complexity index is 755. The molecule has 0 radical (unpaired) electrons. The number of nitrogens with one attached hydrogen (secondary N) is 1. The van der Waals surface area contributed by atoms with Gasteiger partial charge in [0.1, 0.15) is 18.5 Å². The second-order valence-corrected chi connectivity index (χ2v) is 8.10. The molecule has 3 saturated heterocycles. The summed E-state index contributed by atoms with van der Waals surface area (Å²) in [5.74, 6) is 0.263. The van der Waals surface area contributed by atoms with Crippen LogP contribution in [0.4, 0.5) is 10.5 Å². The standard InChI is InChI=1S/C20H29N5O3/c1-13-5-7-15(8-6-13)24-11-14(2)12-25-16-17(21-19(24)25)22(3)20(27)23(18(16)26)9-10-28-4/h5-8,14,16-17,19,21H,9-12H2,1-4H3. The van der Waals surface area contributed by atoms with E-state index in [9.17, 15) is 9.59 Å². The van der Waals surface area contributed by atoms with Gasteiger partial charge in [0, 0.05) is 32.9 Å². The smallest absolute Gasteiger partial charge is 0.327 e. The molecule has 1 aromatic rings. The van der Waals surface area contributed by atoms with Crippen molar-refractivity contribution in [1.29, 1.82) is 0 Å². The van der Waals surface area contributed by atoms with Crippen molar-refractivity contribution in [2.45, 2.75) is 32.3 Å². The van der Waals surface area contributed by atoms with Crippen molar-refractivity contribution in [3.63, 3.8) is 0 Å². The number of urea groups is 1. The normalized spacial score (nSPS) is 30.6. The van der Waals surface area contributed by atoms with Gasteiger partial charge >= 0.3 is 6.03 Å². The third kappa shape index (κ3) is 3.05. The summed E-state index contributed by atoms with van der Waals surface area (Å²) in [6, 6.07) is 7.79. The molecule has 8 heteroatoms. The Morgan fingerprint density at radius 1 is 1.18 bits per heavy atom. The van der Waals surface area contributed by atoms with Gasteiger partial charge in [-0.2, -0.15) is 0 Å². The quantitative estimate of drug-likeness (QED) is 0.827. The zero-order valence-electron chi connectivity index (χ0n) is 17.0. The van der Waals surface area contributed by atoms with Gasteiger partial charge in [-0.15, -0.1) is 0 Å². The molecule has 3 fully saturated rings. The van der Waals surface area contributed by atoms with E-state index in [0.29, 0.717) is 12.5 Å². The van der Waals surface area contributed by atoms with Crippen LogP contribution in [0.5, 0.6) is 0 Å². The largest absolute Gasteiger partial charge is 0.383 e. The molecule has 3 amide bonds. The predicted molar refractivity (Wildman–Crippen MR) is 106 cm³/mol. The minimum absolute atomic E-state index is 0.115. The van der Waals surface area contributed by atoms with Gasteiger partial charge in [-0.05, 0) is 25.0 Å². The minimum atomic E-state index is -0.389. The van der Waals surface area contributed by atoms with Gasteiger partial charge in [-0.3, -0.25) is 19.9 Å². The monoisotopic (exact) mass is 387 g/mol. The molecule has 4 rings (SSSR count). The maximum Gasteiger partial charge on any atom is 0.327 e. The first-order valence-corrected chi connectivity index (χ1v) is 9.84. The Labute approximate surface area is 166 Å². The molecule has 0 saturated carbocycles. The van der Waals surface area contributed by atoms with Crippen LogP contribution in [-0.2, 0) is 9.53 Å². The van der Waals surface area contributed by atoms with Gasteiger partial charge in [0.05, 0.1) is 13.2 Å². The third-order valence-electron chi connectivity index (χ3n) is 5.97. The number of hydrogen-bond donors (Lipinski definition) is 1. The van der Waals surface area contributed by atoms with E-state index in [1.807, 2.05) is 0 Å². The van der Waals surface area contributed by atoms with Crippen molar-refractivity contribution >= 4 is 17.6 Å². The number of methoxy groups -OCH3 is 1. The van der Waals surface area contributed by atoms with E-state index in [-0.39, 0.29) is 37.0 Å². The van der Waals surface area contributed by atoms with Crippen LogP contribution >= 0.6 is 0 Å². The summed E-state index contributed by atoms with van der Waals surface area (Å²) in [6.07, 6.45) is -0.447. The molecule has 0 aromatic heterocycles. The zero-order chi connectivity index (χ0) is 20.0. The Balaban J connectivity index is 1.65. The zero-order valence-corrected chi connectivity index (χ0v) is 17.0. The Hall–Kier alpha value is -2.16. The van der Waals surface area contributed by atoms with Crippen LogP contribution in [0.2, 0.25) is 0 Å². The van der Waals surface area contributed by atoms with Crippen LogP contribution in [0.15, 0.2) is 24.3 Å². The highest BCUT2D eigenvalue weighted by Gasteiger charge is 2.56. The maximum absolute atomic E-state index is 13.2. The third-order valence-corrected chi connectivity index (χ3v) is 5.97. The van der Waals surface area contributed by atoms with E-state index >= 15 is 0 Å². The van der Waals surface area contributed by atoms with E-state index in [1.54, 1.807) is 19.1 Å². The Morgan fingerprint density at radius 3 is 2.57 bits per heavy atom. The first-order chi connectivity index (χ1) is 13.4. The van der Waals surface area contributed by atoms with Crippen molar-refractivity contribution in [2.24, 2.45) is 5.92 Å². The molecule has 3 aliphatic heterocycles. The number of hydrogen-bond acceptors (Lipinski definition) is 6. The number of rotatable bonds is 4. The number of nitrogens with zero attached hydrogens (tertiary/aromatic N) is 4. The van der Waals surface area contributed by atoms with Crippen LogP contribution in [0.3, 0.4) is 0 Å². The number of carbonyl (C=O) groups is 2. The second kappa shape index (κ2) is 7.35. The fraction of sp³-hybridized carbons (Fsp3) is 0.600.